The number of rotatable bonds is 8. The highest BCUT2D eigenvalue weighted by atomic mass is 16.5. The molecule has 2 amide bonds. The zero-order valence-electron chi connectivity index (χ0n) is 12.2. The monoisotopic (exact) mass is 320 g/mol. The van der Waals surface area contributed by atoms with Crippen LogP contribution in [0.1, 0.15) is 22.7 Å². The number of furan rings is 2. The summed E-state index contributed by atoms with van der Waals surface area (Å²) in [5.74, 6) is -0.674. The Morgan fingerprint density at radius 3 is 2.52 bits per heavy atom. The number of amides is 2. The highest BCUT2D eigenvalue weighted by Crippen LogP contribution is 1.99. The quantitative estimate of drug-likeness (QED) is 0.698. The van der Waals surface area contributed by atoms with Crippen LogP contribution < -0.4 is 10.6 Å². The van der Waals surface area contributed by atoms with E-state index in [1.807, 2.05) is 0 Å². The van der Waals surface area contributed by atoms with Crippen LogP contribution in [-0.4, -0.2) is 30.9 Å². The number of carbonyl (C=O) groups is 3. The van der Waals surface area contributed by atoms with E-state index in [4.69, 9.17) is 13.6 Å². The lowest BCUT2D eigenvalue weighted by Crippen LogP contribution is -2.30. The molecule has 0 aliphatic heterocycles. The Balaban J connectivity index is 1.56. The van der Waals surface area contributed by atoms with E-state index < -0.39 is 17.8 Å². The average Bonchev–Trinajstić information content (AvgIpc) is 3.23. The van der Waals surface area contributed by atoms with Gasteiger partial charge in [-0.3, -0.25) is 14.4 Å². The fourth-order valence-electron chi connectivity index (χ4n) is 1.64. The predicted octanol–water partition coefficient (Wildman–Crippen LogP) is 0.852. The lowest BCUT2D eigenvalue weighted by atomic mass is 10.4. The molecule has 2 rings (SSSR count). The Morgan fingerprint density at radius 1 is 1.04 bits per heavy atom. The Kier molecular flexibility index (Phi) is 5.98. The van der Waals surface area contributed by atoms with Crippen LogP contribution in [0.2, 0.25) is 0 Å². The van der Waals surface area contributed by atoms with Gasteiger partial charge in [-0.15, -0.1) is 0 Å². The van der Waals surface area contributed by atoms with E-state index in [0.717, 1.165) is 0 Å². The summed E-state index contributed by atoms with van der Waals surface area (Å²) < 4.78 is 14.7. The second-order valence-corrected chi connectivity index (χ2v) is 4.50. The summed E-state index contributed by atoms with van der Waals surface area (Å²) in [5, 5.41) is 5.04. The number of hydrogen-bond acceptors (Lipinski definition) is 6. The molecule has 2 aromatic rings. The van der Waals surface area contributed by atoms with E-state index in [9.17, 15) is 14.4 Å². The normalized spacial score (nSPS) is 10.1. The molecule has 2 heterocycles. The minimum Gasteiger partial charge on any atom is -0.467 e. The molecular formula is C15H16N2O6. The lowest BCUT2D eigenvalue weighted by molar-refractivity contribution is -0.148. The molecule has 0 atom stereocenters. The molecule has 0 aliphatic carbocycles. The molecule has 0 bridgehead atoms. The second kappa shape index (κ2) is 8.42. The first-order valence-corrected chi connectivity index (χ1v) is 6.91. The fourth-order valence-corrected chi connectivity index (χ4v) is 1.64. The Morgan fingerprint density at radius 2 is 1.83 bits per heavy atom. The Bertz CT molecular complexity index is 633. The second-order valence-electron chi connectivity index (χ2n) is 4.50. The Labute approximate surface area is 131 Å². The number of hydrogen-bond donors (Lipinski definition) is 2. The van der Waals surface area contributed by atoms with Crippen molar-refractivity contribution in [3.63, 3.8) is 0 Å². The van der Waals surface area contributed by atoms with Crippen molar-refractivity contribution in [2.75, 3.05) is 13.2 Å². The van der Waals surface area contributed by atoms with Crippen LogP contribution in [0.4, 0.5) is 0 Å². The molecule has 0 aliphatic rings. The Hall–Kier alpha value is -3.03. The van der Waals surface area contributed by atoms with Crippen molar-refractivity contribution in [2.45, 2.75) is 13.0 Å². The van der Waals surface area contributed by atoms with Crippen molar-refractivity contribution in [2.24, 2.45) is 0 Å². The molecule has 0 unspecified atom stereocenters. The number of ether oxygens (including phenoxy) is 1. The van der Waals surface area contributed by atoms with Crippen LogP contribution in [-0.2, 0) is 20.9 Å². The van der Waals surface area contributed by atoms with Gasteiger partial charge in [0.2, 0.25) is 0 Å². The molecule has 2 N–H and O–H groups in total. The largest absolute Gasteiger partial charge is 0.467 e. The molecule has 122 valence electrons. The van der Waals surface area contributed by atoms with E-state index in [1.54, 1.807) is 18.2 Å². The van der Waals surface area contributed by atoms with Crippen molar-refractivity contribution < 1.29 is 28.0 Å². The van der Waals surface area contributed by atoms with E-state index in [-0.39, 0.29) is 31.9 Å². The summed E-state index contributed by atoms with van der Waals surface area (Å²) in [6, 6.07) is 6.52. The first kappa shape index (κ1) is 16.3. The number of esters is 1. The molecule has 8 nitrogen and oxygen atoms in total. The van der Waals surface area contributed by atoms with Crippen molar-refractivity contribution in [3.8, 4) is 0 Å². The van der Waals surface area contributed by atoms with Gasteiger partial charge in [-0.1, -0.05) is 0 Å². The summed E-state index contributed by atoms with van der Waals surface area (Å²) in [4.78, 5) is 34.4. The molecular weight excluding hydrogens is 304 g/mol. The van der Waals surface area contributed by atoms with Gasteiger partial charge >= 0.3 is 5.97 Å². The third kappa shape index (κ3) is 5.70. The lowest BCUT2D eigenvalue weighted by Gasteiger charge is -2.06. The summed E-state index contributed by atoms with van der Waals surface area (Å²) in [6.45, 7) is -0.0688. The average molecular weight is 320 g/mol. The molecule has 0 radical (unpaired) electrons. The molecule has 8 heteroatoms. The van der Waals surface area contributed by atoms with Gasteiger partial charge in [0.15, 0.2) is 12.4 Å². The van der Waals surface area contributed by atoms with Crippen molar-refractivity contribution in [1.29, 1.82) is 0 Å². The zero-order valence-corrected chi connectivity index (χ0v) is 12.2. The molecule has 0 saturated carbocycles. The third-order valence-corrected chi connectivity index (χ3v) is 2.76. The van der Waals surface area contributed by atoms with Gasteiger partial charge < -0.3 is 24.2 Å². The van der Waals surface area contributed by atoms with Crippen LogP contribution in [0, 0.1) is 0 Å². The van der Waals surface area contributed by atoms with Crippen molar-refractivity contribution >= 4 is 17.8 Å². The van der Waals surface area contributed by atoms with Gasteiger partial charge in [0.25, 0.3) is 11.8 Å². The van der Waals surface area contributed by atoms with E-state index in [0.29, 0.717) is 5.76 Å². The molecule has 2 aromatic heterocycles. The number of nitrogens with one attached hydrogen (secondary N) is 2. The van der Waals surface area contributed by atoms with Gasteiger partial charge in [-0.25, -0.2) is 0 Å². The first-order valence-electron chi connectivity index (χ1n) is 6.91. The van der Waals surface area contributed by atoms with Gasteiger partial charge in [-0.2, -0.15) is 0 Å². The minimum absolute atomic E-state index is 0.0437. The SMILES string of the molecule is O=C(COC(=O)CCNC(=O)c1ccco1)NCc1ccco1. The maximum Gasteiger partial charge on any atom is 0.308 e. The predicted molar refractivity (Wildman–Crippen MR) is 77.2 cm³/mol. The van der Waals surface area contributed by atoms with Gasteiger partial charge in [0.1, 0.15) is 5.76 Å². The zero-order chi connectivity index (χ0) is 16.5. The van der Waals surface area contributed by atoms with E-state index in [1.165, 1.54) is 18.6 Å². The van der Waals surface area contributed by atoms with Crippen LogP contribution in [0.5, 0.6) is 0 Å². The van der Waals surface area contributed by atoms with Gasteiger partial charge in [0.05, 0.1) is 25.5 Å². The fraction of sp³-hybridized carbons (Fsp3) is 0.267. The van der Waals surface area contributed by atoms with Gasteiger partial charge in [0, 0.05) is 6.54 Å². The molecule has 0 spiro atoms. The highest BCUT2D eigenvalue weighted by molar-refractivity contribution is 5.91. The number of carbonyl (C=O) groups excluding carboxylic acids is 3. The topological polar surface area (TPSA) is 111 Å². The van der Waals surface area contributed by atoms with Crippen molar-refractivity contribution in [1.82, 2.24) is 10.6 Å². The first-order chi connectivity index (χ1) is 11.1. The maximum atomic E-state index is 11.5. The standard InChI is InChI=1S/C15H16N2O6/c18-13(17-9-11-3-1-7-21-11)10-23-14(19)5-6-16-15(20)12-4-2-8-22-12/h1-4,7-8H,5-6,9-10H2,(H,16,20)(H,17,18). The summed E-state index contributed by atoms with van der Waals surface area (Å²) in [5.41, 5.74) is 0. The van der Waals surface area contributed by atoms with Crippen molar-refractivity contribution in [3.05, 3.63) is 48.3 Å². The van der Waals surface area contributed by atoms with E-state index >= 15 is 0 Å². The van der Waals surface area contributed by atoms with Crippen LogP contribution in [0.15, 0.2) is 45.6 Å². The molecule has 0 aromatic carbocycles. The van der Waals surface area contributed by atoms with Crippen LogP contribution in [0.25, 0.3) is 0 Å². The van der Waals surface area contributed by atoms with Crippen LogP contribution >= 0.6 is 0 Å². The molecule has 0 saturated heterocycles. The summed E-state index contributed by atoms with van der Waals surface area (Å²) in [6.07, 6.45) is 2.83. The molecule has 0 fully saturated rings. The van der Waals surface area contributed by atoms with Crippen LogP contribution in [0.3, 0.4) is 0 Å². The third-order valence-electron chi connectivity index (χ3n) is 2.76. The van der Waals surface area contributed by atoms with Gasteiger partial charge in [-0.05, 0) is 24.3 Å². The summed E-state index contributed by atoms with van der Waals surface area (Å²) >= 11 is 0. The van der Waals surface area contributed by atoms with E-state index in [2.05, 4.69) is 10.6 Å². The summed E-state index contributed by atoms with van der Waals surface area (Å²) in [7, 11) is 0. The maximum absolute atomic E-state index is 11.5. The minimum atomic E-state index is -0.585. The molecule has 23 heavy (non-hydrogen) atoms. The highest BCUT2D eigenvalue weighted by Gasteiger charge is 2.11. The smallest absolute Gasteiger partial charge is 0.308 e.